The molecule has 5 nitrogen and oxygen atoms in total. The van der Waals surface area contributed by atoms with E-state index in [1.807, 2.05) is 0 Å². The number of rotatable bonds is 5. The summed E-state index contributed by atoms with van der Waals surface area (Å²) in [4.78, 5) is 24.8. The third kappa shape index (κ3) is 5.10. The highest BCUT2D eigenvalue weighted by Gasteiger charge is 2.37. The quantitative estimate of drug-likeness (QED) is 0.563. The molecule has 0 atom stereocenters. The zero-order chi connectivity index (χ0) is 23.7. The molecule has 0 saturated carbocycles. The highest BCUT2D eigenvalue weighted by molar-refractivity contribution is 6.02. The average Bonchev–Trinajstić information content (AvgIpc) is 2.69. The molecule has 3 rings (SSSR count). The number of hydrogen-bond acceptors (Lipinski definition) is 3. The lowest BCUT2D eigenvalue weighted by molar-refractivity contribution is -0.143. The number of pyridine rings is 1. The van der Waals surface area contributed by atoms with Crippen LogP contribution in [0.3, 0.4) is 0 Å². The third-order valence-electron chi connectivity index (χ3n) is 4.65. The minimum Gasteiger partial charge on any atom is -0.395 e. The Morgan fingerprint density at radius 3 is 2.12 bits per heavy atom. The molecule has 0 fully saturated rings. The number of carbonyl (C=O) groups excluding carboxylic acids is 1. The molecule has 0 aliphatic heterocycles. The Morgan fingerprint density at radius 2 is 1.56 bits per heavy atom. The molecule has 1 amide bonds. The van der Waals surface area contributed by atoms with Crippen molar-refractivity contribution in [3.8, 4) is 0 Å². The molecule has 0 bridgehead atoms. The van der Waals surface area contributed by atoms with E-state index in [0.29, 0.717) is 17.5 Å². The molecule has 2 aromatic carbocycles. The number of nitrogens with zero attached hydrogens (tertiary/aromatic N) is 1. The Hall–Kier alpha value is -3.34. The van der Waals surface area contributed by atoms with Crippen LogP contribution in [0.1, 0.15) is 16.7 Å². The lowest BCUT2D eigenvalue weighted by Gasteiger charge is -2.14. The Balaban J connectivity index is 1.91. The SMILES string of the molecule is O=C(Cc1cc(C(F)(F)F)cc(C(F)(F)F)c1)Nc1cccc2c(=O)n(CCO)ccc12. The van der Waals surface area contributed by atoms with Gasteiger partial charge >= 0.3 is 12.4 Å². The summed E-state index contributed by atoms with van der Waals surface area (Å²) >= 11 is 0. The van der Waals surface area contributed by atoms with Crippen molar-refractivity contribution in [2.75, 3.05) is 11.9 Å². The zero-order valence-electron chi connectivity index (χ0n) is 16.2. The molecule has 0 spiro atoms. The fraction of sp³-hybridized carbons (Fsp3) is 0.238. The molecule has 32 heavy (non-hydrogen) atoms. The highest BCUT2D eigenvalue weighted by Crippen LogP contribution is 2.36. The number of aliphatic hydroxyl groups is 1. The summed E-state index contributed by atoms with van der Waals surface area (Å²) in [6.45, 7) is -0.207. The maximum absolute atomic E-state index is 13.0. The third-order valence-corrected chi connectivity index (χ3v) is 4.65. The zero-order valence-corrected chi connectivity index (χ0v) is 16.2. The fourth-order valence-corrected chi connectivity index (χ4v) is 3.21. The van der Waals surface area contributed by atoms with Gasteiger partial charge in [0.25, 0.3) is 5.56 Å². The number of fused-ring (bicyclic) bond motifs is 1. The maximum atomic E-state index is 13.0. The van der Waals surface area contributed by atoms with Crippen LogP contribution in [0.15, 0.2) is 53.5 Å². The van der Waals surface area contributed by atoms with Crippen molar-refractivity contribution in [2.45, 2.75) is 25.3 Å². The normalized spacial score (nSPS) is 12.2. The van der Waals surface area contributed by atoms with E-state index in [1.165, 1.54) is 35.0 Å². The van der Waals surface area contributed by atoms with Gasteiger partial charge in [-0.2, -0.15) is 26.3 Å². The molecular formula is C21H16F6N2O3. The van der Waals surface area contributed by atoms with Crippen LogP contribution >= 0.6 is 0 Å². The smallest absolute Gasteiger partial charge is 0.395 e. The number of benzene rings is 2. The second-order valence-electron chi connectivity index (χ2n) is 6.94. The molecule has 0 saturated heterocycles. The van der Waals surface area contributed by atoms with Gasteiger partial charge in [-0.05, 0) is 42.0 Å². The molecular weight excluding hydrogens is 442 g/mol. The summed E-state index contributed by atoms with van der Waals surface area (Å²) in [6, 6.07) is 6.89. The molecule has 0 radical (unpaired) electrons. The molecule has 0 aliphatic carbocycles. The van der Waals surface area contributed by atoms with Crippen LogP contribution < -0.4 is 10.9 Å². The first-order valence-corrected chi connectivity index (χ1v) is 9.21. The van der Waals surface area contributed by atoms with E-state index in [9.17, 15) is 35.9 Å². The van der Waals surface area contributed by atoms with Gasteiger partial charge in [0, 0.05) is 29.2 Å². The van der Waals surface area contributed by atoms with Crippen molar-refractivity contribution < 1.29 is 36.2 Å². The summed E-state index contributed by atoms with van der Waals surface area (Å²) in [7, 11) is 0. The number of aromatic nitrogens is 1. The summed E-state index contributed by atoms with van der Waals surface area (Å²) < 4.78 is 79.3. The number of carbonyl (C=O) groups is 1. The van der Waals surface area contributed by atoms with Gasteiger partial charge in [-0.15, -0.1) is 0 Å². The average molecular weight is 458 g/mol. The number of aliphatic hydroxyl groups excluding tert-OH is 1. The largest absolute Gasteiger partial charge is 0.416 e. The summed E-state index contributed by atoms with van der Waals surface area (Å²) in [5.41, 5.74) is -3.74. The Morgan fingerprint density at radius 1 is 0.938 bits per heavy atom. The number of alkyl halides is 6. The Labute approximate surface area is 176 Å². The first-order chi connectivity index (χ1) is 14.9. The predicted molar refractivity (Wildman–Crippen MR) is 104 cm³/mol. The molecule has 2 N–H and O–H groups in total. The van der Waals surface area contributed by atoms with Gasteiger partial charge in [0.15, 0.2) is 0 Å². The van der Waals surface area contributed by atoms with E-state index >= 15 is 0 Å². The van der Waals surface area contributed by atoms with Crippen LogP contribution in [0.5, 0.6) is 0 Å². The minimum absolute atomic E-state index is 0.0104. The van der Waals surface area contributed by atoms with Crippen molar-refractivity contribution in [1.82, 2.24) is 4.57 Å². The molecule has 0 aliphatic rings. The second-order valence-corrected chi connectivity index (χ2v) is 6.94. The van der Waals surface area contributed by atoms with Crippen LogP contribution in [0.25, 0.3) is 10.8 Å². The number of halogens is 6. The van der Waals surface area contributed by atoms with Crippen LogP contribution in [-0.2, 0) is 30.1 Å². The highest BCUT2D eigenvalue weighted by atomic mass is 19.4. The van der Waals surface area contributed by atoms with E-state index < -0.39 is 46.9 Å². The predicted octanol–water partition coefficient (Wildman–Crippen LogP) is 4.21. The standard InChI is InChI=1S/C21H16F6N2O3/c22-20(23,24)13-8-12(9-14(11-13)21(25,26)27)10-18(31)28-17-3-1-2-16-15(17)4-5-29(6-7-30)19(16)32/h1-5,8-9,11,30H,6-7,10H2,(H,28,31). The fourth-order valence-electron chi connectivity index (χ4n) is 3.21. The van der Waals surface area contributed by atoms with Crippen molar-refractivity contribution in [2.24, 2.45) is 0 Å². The van der Waals surface area contributed by atoms with Crippen LogP contribution in [0.4, 0.5) is 32.0 Å². The van der Waals surface area contributed by atoms with Crippen LogP contribution in [0, 0.1) is 0 Å². The molecule has 1 aromatic heterocycles. The van der Waals surface area contributed by atoms with Gasteiger partial charge in [0.1, 0.15) is 0 Å². The van der Waals surface area contributed by atoms with Crippen molar-refractivity contribution in [3.63, 3.8) is 0 Å². The van der Waals surface area contributed by atoms with Gasteiger partial charge in [-0.1, -0.05) is 6.07 Å². The van der Waals surface area contributed by atoms with E-state index in [1.54, 1.807) is 0 Å². The van der Waals surface area contributed by atoms with E-state index in [2.05, 4.69) is 5.32 Å². The Kier molecular flexibility index (Phi) is 6.31. The van der Waals surface area contributed by atoms with Crippen molar-refractivity contribution in [3.05, 3.63) is 75.7 Å². The van der Waals surface area contributed by atoms with Gasteiger partial charge < -0.3 is 15.0 Å². The number of nitrogens with one attached hydrogen (secondary N) is 1. The van der Waals surface area contributed by atoms with Crippen LogP contribution in [-0.4, -0.2) is 22.2 Å². The molecule has 170 valence electrons. The molecule has 0 unspecified atom stereocenters. The lowest BCUT2D eigenvalue weighted by Crippen LogP contribution is -2.22. The minimum atomic E-state index is -5.02. The molecule has 1 heterocycles. The number of hydrogen-bond donors (Lipinski definition) is 2. The summed E-state index contributed by atoms with van der Waals surface area (Å²) in [5.74, 6) is -0.857. The van der Waals surface area contributed by atoms with Gasteiger partial charge in [-0.3, -0.25) is 9.59 Å². The second kappa shape index (κ2) is 8.65. The van der Waals surface area contributed by atoms with Gasteiger partial charge in [-0.25, -0.2) is 0 Å². The lowest BCUT2D eigenvalue weighted by atomic mass is 10.0. The maximum Gasteiger partial charge on any atom is 0.416 e. The van der Waals surface area contributed by atoms with E-state index in [-0.39, 0.29) is 30.3 Å². The van der Waals surface area contributed by atoms with E-state index in [0.717, 1.165) is 0 Å². The number of amides is 1. The van der Waals surface area contributed by atoms with Crippen molar-refractivity contribution in [1.29, 1.82) is 0 Å². The number of anilines is 1. The van der Waals surface area contributed by atoms with Crippen molar-refractivity contribution >= 4 is 22.4 Å². The summed E-state index contributed by atoms with van der Waals surface area (Å²) in [5, 5.41) is 12.0. The van der Waals surface area contributed by atoms with Gasteiger partial charge in [0.2, 0.25) is 5.91 Å². The molecule has 3 aromatic rings. The Bertz CT molecular complexity index is 1180. The van der Waals surface area contributed by atoms with E-state index in [4.69, 9.17) is 5.11 Å². The topological polar surface area (TPSA) is 71.3 Å². The van der Waals surface area contributed by atoms with Crippen LogP contribution in [0.2, 0.25) is 0 Å². The van der Waals surface area contributed by atoms with Gasteiger partial charge in [0.05, 0.1) is 24.2 Å². The summed E-state index contributed by atoms with van der Waals surface area (Å²) in [6.07, 6.45) is -9.38. The molecule has 11 heteroatoms. The monoisotopic (exact) mass is 458 g/mol. The first kappa shape index (κ1) is 23.3. The first-order valence-electron chi connectivity index (χ1n) is 9.21.